The van der Waals surface area contributed by atoms with Gasteiger partial charge in [0.05, 0.1) is 6.04 Å². The van der Waals surface area contributed by atoms with Crippen LogP contribution < -0.4 is 5.73 Å². The number of nitrogens with two attached hydrogens (primary N) is 1. The number of rotatable bonds is 4. The fourth-order valence-electron chi connectivity index (χ4n) is 2.98. The third-order valence-electron chi connectivity index (χ3n) is 4.25. The van der Waals surface area contributed by atoms with Crippen LogP contribution in [-0.2, 0) is 0 Å². The van der Waals surface area contributed by atoms with Crippen LogP contribution in [0.2, 0.25) is 0 Å². The molecule has 1 saturated heterocycles. The Kier molecular flexibility index (Phi) is 5.52. The van der Waals surface area contributed by atoms with Crippen molar-refractivity contribution < 1.29 is 4.39 Å². The standard InChI is InChI=1S/C16H26FN3/c1-3-15(18)16(13-7-4-5-8-14(13)17)20-10-6-9-19(2)11-12-20/h4-5,7-8,15-16H,3,6,9-12,18H2,1-2H3. The second-order valence-electron chi connectivity index (χ2n) is 5.73. The van der Waals surface area contributed by atoms with Crippen LogP contribution in [0.5, 0.6) is 0 Å². The van der Waals surface area contributed by atoms with E-state index >= 15 is 0 Å². The molecular weight excluding hydrogens is 253 g/mol. The summed E-state index contributed by atoms with van der Waals surface area (Å²) >= 11 is 0. The molecule has 0 radical (unpaired) electrons. The third-order valence-corrected chi connectivity index (χ3v) is 4.25. The first kappa shape index (κ1) is 15.4. The van der Waals surface area contributed by atoms with Gasteiger partial charge in [-0.25, -0.2) is 4.39 Å². The van der Waals surface area contributed by atoms with Crippen LogP contribution in [0.15, 0.2) is 24.3 Å². The quantitative estimate of drug-likeness (QED) is 0.917. The maximum atomic E-state index is 14.2. The summed E-state index contributed by atoms with van der Waals surface area (Å²) in [5.41, 5.74) is 7.05. The number of nitrogens with zero attached hydrogens (tertiary/aromatic N) is 2. The Hall–Kier alpha value is -0.970. The second-order valence-corrected chi connectivity index (χ2v) is 5.73. The van der Waals surface area contributed by atoms with Gasteiger partial charge in [0.1, 0.15) is 5.82 Å². The van der Waals surface area contributed by atoms with Crippen molar-refractivity contribution in [2.45, 2.75) is 31.8 Å². The Morgan fingerprint density at radius 3 is 2.65 bits per heavy atom. The SMILES string of the molecule is CCC(N)C(c1ccccc1F)N1CCCN(C)CC1. The van der Waals surface area contributed by atoms with Crippen LogP contribution in [0, 0.1) is 5.82 Å². The summed E-state index contributed by atoms with van der Waals surface area (Å²) in [6.45, 7) is 6.12. The van der Waals surface area contributed by atoms with Gasteiger partial charge in [0.2, 0.25) is 0 Å². The highest BCUT2D eigenvalue weighted by Crippen LogP contribution is 2.28. The second kappa shape index (κ2) is 7.16. The van der Waals surface area contributed by atoms with E-state index in [0.717, 1.165) is 44.6 Å². The van der Waals surface area contributed by atoms with E-state index in [0.29, 0.717) is 0 Å². The summed E-state index contributed by atoms with van der Waals surface area (Å²) < 4.78 is 14.2. The van der Waals surface area contributed by atoms with Crippen LogP contribution in [0.1, 0.15) is 31.4 Å². The van der Waals surface area contributed by atoms with Gasteiger partial charge in [-0.1, -0.05) is 25.1 Å². The predicted octanol–water partition coefficient (Wildman–Crippen LogP) is 2.24. The summed E-state index contributed by atoms with van der Waals surface area (Å²) in [7, 11) is 2.14. The molecule has 0 saturated carbocycles. The molecule has 2 atom stereocenters. The van der Waals surface area contributed by atoms with E-state index in [2.05, 4.69) is 23.8 Å². The summed E-state index contributed by atoms with van der Waals surface area (Å²) in [6, 6.07) is 7.00. The minimum absolute atomic E-state index is 0.0206. The zero-order valence-electron chi connectivity index (χ0n) is 12.6. The molecule has 1 aliphatic heterocycles. The lowest BCUT2D eigenvalue weighted by Gasteiger charge is -2.35. The molecule has 2 unspecified atom stereocenters. The Bertz CT molecular complexity index is 424. The molecule has 0 aliphatic carbocycles. The van der Waals surface area contributed by atoms with Gasteiger partial charge in [-0.2, -0.15) is 0 Å². The Labute approximate surface area is 121 Å². The number of benzene rings is 1. The van der Waals surface area contributed by atoms with Crippen molar-refractivity contribution in [1.82, 2.24) is 9.80 Å². The van der Waals surface area contributed by atoms with Gasteiger partial charge in [0.25, 0.3) is 0 Å². The minimum atomic E-state index is -0.140. The van der Waals surface area contributed by atoms with Crippen LogP contribution >= 0.6 is 0 Å². The van der Waals surface area contributed by atoms with Crippen molar-refractivity contribution in [2.75, 3.05) is 33.2 Å². The van der Waals surface area contributed by atoms with Crippen molar-refractivity contribution >= 4 is 0 Å². The molecule has 0 bridgehead atoms. The molecule has 1 aromatic rings. The molecule has 20 heavy (non-hydrogen) atoms. The molecule has 2 rings (SSSR count). The van der Waals surface area contributed by atoms with Crippen LogP contribution in [0.4, 0.5) is 4.39 Å². The fraction of sp³-hybridized carbons (Fsp3) is 0.625. The molecule has 1 aromatic carbocycles. The van der Waals surface area contributed by atoms with Crippen molar-refractivity contribution in [1.29, 1.82) is 0 Å². The van der Waals surface area contributed by atoms with E-state index in [-0.39, 0.29) is 17.9 Å². The molecule has 0 aromatic heterocycles. The number of hydrogen-bond donors (Lipinski definition) is 1. The summed E-state index contributed by atoms with van der Waals surface area (Å²) in [5.74, 6) is -0.140. The molecular formula is C16H26FN3. The highest BCUT2D eigenvalue weighted by molar-refractivity contribution is 5.23. The zero-order chi connectivity index (χ0) is 14.5. The zero-order valence-corrected chi connectivity index (χ0v) is 12.6. The molecule has 0 amide bonds. The van der Waals surface area contributed by atoms with Gasteiger partial charge in [-0.15, -0.1) is 0 Å². The first-order valence-corrected chi connectivity index (χ1v) is 7.56. The van der Waals surface area contributed by atoms with Gasteiger partial charge in [0, 0.05) is 31.2 Å². The lowest BCUT2D eigenvalue weighted by Crippen LogP contribution is -2.42. The lowest BCUT2D eigenvalue weighted by molar-refractivity contribution is 0.171. The summed E-state index contributed by atoms with van der Waals surface area (Å²) in [5, 5.41) is 0. The maximum Gasteiger partial charge on any atom is 0.128 e. The lowest BCUT2D eigenvalue weighted by atomic mass is 9.95. The molecule has 4 heteroatoms. The van der Waals surface area contributed by atoms with Gasteiger partial charge in [0.15, 0.2) is 0 Å². The minimum Gasteiger partial charge on any atom is -0.326 e. The highest BCUT2D eigenvalue weighted by atomic mass is 19.1. The first-order valence-electron chi connectivity index (χ1n) is 7.56. The van der Waals surface area contributed by atoms with E-state index in [1.165, 1.54) is 6.07 Å². The van der Waals surface area contributed by atoms with Gasteiger partial charge in [-0.05, 0) is 32.5 Å². The number of hydrogen-bond acceptors (Lipinski definition) is 3. The first-order chi connectivity index (χ1) is 9.63. The summed E-state index contributed by atoms with van der Waals surface area (Å²) in [6.07, 6.45) is 1.96. The van der Waals surface area contributed by atoms with E-state index in [4.69, 9.17) is 5.73 Å². The largest absolute Gasteiger partial charge is 0.326 e. The molecule has 1 fully saturated rings. The van der Waals surface area contributed by atoms with Gasteiger partial charge >= 0.3 is 0 Å². The topological polar surface area (TPSA) is 32.5 Å². The molecule has 1 aliphatic rings. The van der Waals surface area contributed by atoms with Crippen LogP contribution in [-0.4, -0.2) is 49.1 Å². The Morgan fingerprint density at radius 1 is 1.20 bits per heavy atom. The molecule has 0 spiro atoms. The fourth-order valence-corrected chi connectivity index (χ4v) is 2.98. The highest BCUT2D eigenvalue weighted by Gasteiger charge is 2.28. The van der Waals surface area contributed by atoms with Gasteiger partial charge in [-0.3, -0.25) is 4.90 Å². The van der Waals surface area contributed by atoms with Crippen molar-refractivity contribution in [3.8, 4) is 0 Å². The van der Waals surface area contributed by atoms with Gasteiger partial charge < -0.3 is 10.6 Å². The smallest absolute Gasteiger partial charge is 0.128 e. The number of likely N-dealkylation sites (N-methyl/N-ethyl adjacent to an activating group) is 1. The van der Waals surface area contributed by atoms with E-state index in [9.17, 15) is 4.39 Å². The van der Waals surface area contributed by atoms with E-state index in [1.807, 2.05) is 12.1 Å². The molecule has 1 heterocycles. The van der Waals surface area contributed by atoms with Crippen molar-refractivity contribution in [3.63, 3.8) is 0 Å². The molecule has 112 valence electrons. The average Bonchev–Trinajstić information content (AvgIpc) is 2.66. The van der Waals surface area contributed by atoms with Crippen LogP contribution in [0.25, 0.3) is 0 Å². The monoisotopic (exact) mass is 279 g/mol. The Morgan fingerprint density at radius 2 is 1.95 bits per heavy atom. The number of halogens is 1. The normalized spacial score (nSPS) is 21.4. The summed E-state index contributed by atoms with van der Waals surface area (Å²) in [4.78, 5) is 4.69. The van der Waals surface area contributed by atoms with Crippen molar-refractivity contribution in [3.05, 3.63) is 35.6 Å². The Balaban J connectivity index is 2.26. The maximum absolute atomic E-state index is 14.2. The predicted molar refractivity (Wildman–Crippen MR) is 81.1 cm³/mol. The third kappa shape index (κ3) is 3.57. The molecule has 2 N–H and O–H groups in total. The van der Waals surface area contributed by atoms with E-state index in [1.54, 1.807) is 6.07 Å². The van der Waals surface area contributed by atoms with Crippen LogP contribution in [0.3, 0.4) is 0 Å². The van der Waals surface area contributed by atoms with E-state index < -0.39 is 0 Å². The molecule has 3 nitrogen and oxygen atoms in total. The average molecular weight is 279 g/mol. The van der Waals surface area contributed by atoms with Crippen molar-refractivity contribution in [2.24, 2.45) is 5.73 Å².